The number of H-pyrrole nitrogens is 1. The van der Waals surface area contributed by atoms with Crippen molar-refractivity contribution in [2.24, 2.45) is 0 Å². The van der Waals surface area contributed by atoms with Crippen molar-refractivity contribution in [1.82, 2.24) is 9.97 Å². The van der Waals surface area contributed by atoms with Crippen LogP contribution in [0.1, 0.15) is 16.7 Å². The van der Waals surface area contributed by atoms with E-state index in [1.807, 2.05) is 45.0 Å². The van der Waals surface area contributed by atoms with Gasteiger partial charge < -0.3 is 19.6 Å². The first-order valence-corrected chi connectivity index (χ1v) is 10.1. The second-order valence-electron chi connectivity index (χ2n) is 7.53. The predicted molar refractivity (Wildman–Crippen MR) is 121 cm³/mol. The van der Waals surface area contributed by atoms with Crippen molar-refractivity contribution in [3.05, 3.63) is 81.6 Å². The van der Waals surface area contributed by atoms with Gasteiger partial charge in [-0.25, -0.2) is 4.98 Å². The standard InChI is InChI=1S/C25H24N2O4/c1-15-8-9-16(2)22(12-15)30-10-11-31-23-14-19(21(28)13-17(23)3)24-26-20-7-5-4-6-18(20)25(29)27-24/h4-9,12-14,28H,10-11H2,1-3H3,(H,26,27,29). The zero-order valence-corrected chi connectivity index (χ0v) is 17.7. The molecule has 0 radical (unpaired) electrons. The molecule has 0 aliphatic rings. The molecule has 1 heterocycles. The molecular weight excluding hydrogens is 392 g/mol. The number of nitrogens with one attached hydrogen (secondary N) is 1. The van der Waals surface area contributed by atoms with Gasteiger partial charge in [0.15, 0.2) is 0 Å². The number of aromatic amines is 1. The molecule has 4 aromatic rings. The Kier molecular flexibility index (Phi) is 5.62. The first-order chi connectivity index (χ1) is 14.9. The summed E-state index contributed by atoms with van der Waals surface area (Å²) in [6, 6.07) is 16.4. The zero-order chi connectivity index (χ0) is 22.0. The van der Waals surface area contributed by atoms with Gasteiger partial charge in [0.25, 0.3) is 5.56 Å². The molecule has 0 fully saturated rings. The third kappa shape index (κ3) is 4.38. The molecule has 0 bridgehead atoms. The SMILES string of the molecule is Cc1ccc(C)c(OCCOc2cc(-c3nc4ccccc4c(=O)[nH]3)c(O)cc2C)c1. The maximum atomic E-state index is 12.4. The second-order valence-corrected chi connectivity index (χ2v) is 7.53. The highest BCUT2D eigenvalue weighted by Gasteiger charge is 2.14. The molecule has 6 heteroatoms. The number of hydrogen-bond acceptors (Lipinski definition) is 5. The van der Waals surface area contributed by atoms with Gasteiger partial charge in [-0.1, -0.05) is 24.3 Å². The molecule has 0 saturated carbocycles. The molecule has 0 aliphatic heterocycles. The van der Waals surface area contributed by atoms with E-state index in [-0.39, 0.29) is 17.1 Å². The van der Waals surface area contributed by atoms with Crippen LogP contribution in [0.4, 0.5) is 0 Å². The second kappa shape index (κ2) is 8.52. The van der Waals surface area contributed by atoms with E-state index in [0.29, 0.717) is 35.4 Å². The summed E-state index contributed by atoms with van der Waals surface area (Å²) < 4.78 is 11.8. The minimum atomic E-state index is -0.259. The molecule has 31 heavy (non-hydrogen) atoms. The maximum Gasteiger partial charge on any atom is 0.259 e. The van der Waals surface area contributed by atoms with Crippen molar-refractivity contribution in [2.75, 3.05) is 13.2 Å². The lowest BCUT2D eigenvalue weighted by molar-refractivity contribution is 0.215. The van der Waals surface area contributed by atoms with Gasteiger partial charge in [-0.2, -0.15) is 0 Å². The van der Waals surface area contributed by atoms with Gasteiger partial charge in [-0.15, -0.1) is 0 Å². The maximum absolute atomic E-state index is 12.4. The Morgan fingerprint density at radius 3 is 2.39 bits per heavy atom. The quantitative estimate of drug-likeness (QED) is 0.446. The number of nitrogens with zero attached hydrogens (tertiary/aromatic N) is 1. The highest BCUT2D eigenvalue weighted by Crippen LogP contribution is 2.33. The van der Waals surface area contributed by atoms with Crippen molar-refractivity contribution in [1.29, 1.82) is 0 Å². The summed E-state index contributed by atoms with van der Waals surface area (Å²) in [5.74, 6) is 1.74. The van der Waals surface area contributed by atoms with Crippen molar-refractivity contribution >= 4 is 10.9 Å². The van der Waals surface area contributed by atoms with E-state index < -0.39 is 0 Å². The number of para-hydroxylation sites is 1. The molecule has 2 N–H and O–H groups in total. The molecule has 6 nitrogen and oxygen atoms in total. The van der Waals surface area contributed by atoms with Gasteiger partial charge in [-0.3, -0.25) is 4.79 Å². The number of aromatic hydroxyl groups is 1. The Morgan fingerprint density at radius 2 is 1.61 bits per heavy atom. The van der Waals surface area contributed by atoms with E-state index in [1.54, 1.807) is 30.3 Å². The van der Waals surface area contributed by atoms with Gasteiger partial charge in [0, 0.05) is 0 Å². The Labute approximate surface area is 180 Å². The van der Waals surface area contributed by atoms with Crippen LogP contribution in [0.2, 0.25) is 0 Å². The zero-order valence-electron chi connectivity index (χ0n) is 17.7. The van der Waals surface area contributed by atoms with E-state index in [1.165, 1.54) is 0 Å². The number of phenols is 1. The summed E-state index contributed by atoms with van der Waals surface area (Å²) in [6.07, 6.45) is 0. The minimum Gasteiger partial charge on any atom is -0.507 e. The van der Waals surface area contributed by atoms with Gasteiger partial charge in [0.2, 0.25) is 0 Å². The summed E-state index contributed by atoms with van der Waals surface area (Å²) in [7, 11) is 0. The average Bonchev–Trinajstić information content (AvgIpc) is 2.74. The van der Waals surface area contributed by atoms with Crippen molar-refractivity contribution in [3.8, 4) is 28.6 Å². The predicted octanol–water partition coefficient (Wildman–Crippen LogP) is 4.68. The van der Waals surface area contributed by atoms with Crippen molar-refractivity contribution in [3.63, 3.8) is 0 Å². The Morgan fingerprint density at radius 1 is 0.903 bits per heavy atom. The number of phenolic OH excluding ortho intramolecular Hbond substituents is 1. The van der Waals surface area contributed by atoms with Gasteiger partial charge in [0.1, 0.15) is 36.3 Å². The normalized spacial score (nSPS) is 10.9. The summed E-state index contributed by atoms with van der Waals surface area (Å²) in [6.45, 7) is 6.59. The monoisotopic (exact) mass is 416 g/mol. The number of aryl methyl sites for hydroxylation is 3. The number of aromatic nitrogens is 2. The lowest BCUT2D eigenvalue weighted by Crippen LogP contribution is -2.11. The molecule has 0 saturated heterocycles. The van der Waals surface area contributed by atoms with Crippen molar-refractivity contribution in [2.45, 2.75) is 20.8 Å². The van der Waals surface area contributed by atoms with Crippen LogP contribution in [-0.2, 0) is 0 Å². The molecule has 4 rings (SSSR count). The van der Waals surface area contributed by atoms with E-state index in [0.717, 1.165) is 22.4 Å². The number of rotatable bonds is 6. The van der Waals surface area contributed by atoms with E-state index in [4.69, 9.17) is 9.47 Å². The van der Waals surface area contributed by atoms with Gasteiger partial charge >= 0.3 is 0 Å². The molecule has 0 spiro atoms. The van der Waals surface area contributed by atoms with Crippen LogP contribution < -0.4 is 15.0 Å². The molecular formula is C25H24N2O4. The molecule has 158 valence electrons. The molecule has 3 aromatic carbocycles. The van der Waals surface area contributed by atoms with Crippen LogP contribution in [0.5, 0.6) is 17.2 Å². The van der Waals surface area contributed by atoms with Gasteiger partial charge in [-0.05, 0) is 67.8 Å². The molecule has 0 unspecified atom stereocenters. The number of fused-ring (bicyclic) bond motifs is 1. The molecule has 0 atom stereocenters. The largest absolute Gasteiger partial charge is 0.507 e. The van der Waals surface area contributed by atoms with E-state index in [9.17, 15) is 9.90 Å². The smallest absolute Gasteiger partial charge is 0.259 e. The first kappa shape index (κ1) is 20.5. The van der Waals surface area contributed by atoms with Crippen LogP contribution in [0.3, 0.4) is 0 Å². The lowest BCUT2D eigenvalue weighted by atomic mass is 10.1. The molecule has 0 amide bonds. The molecule has 1 aromatic heterocycles. The lowest BCUT2D eigenvalue weighted by Gasteiger charge is -2.14. The fraction of sp³-hybridized carbons (Fsp3) is 0.200. The number of hydrogen-bond donors (Lipinski definition) is 2. The summed E-state index contributed by atoms with van der Waals surface area (Å²) in [5, 5.41) is 11.0. The highest BCUT2D eigenvalue weighted by molar-refractivity contribution is 5.80. The van der Waals surface area contributed by atoms with Gasteiger partial charge in [0.05, 0.1) is 16.5 Å². The van der Waals surface area contributed by atoms with Crippen LogP contribution >= 0.6 is 0 Å². The van der Waals surface area contributed by atoms with Crippen LogP contribution in [0.25, 0.3) is 22.3 Å². The molecule has 0 aliphatic carbocycles. The average molecular weight is 416 g/mol. The summed E-state index contributed by atoms with van der Waals surface area (Å²) in [5.41, 5.74) is 3.68. The Balaban J connectivity index is 1.54. The van der Waals surface area contributed by atoms with Crippen LogP contribution in [-0.4, -0.2) is 28.3 Å². The fourth-order valence-corrected chi connectivity index (χ4v) is 3.40. The summed E-state index contributed by atoms with van der Waals surface area (Å²) >= 11 is 0. The van der Waals surface area contributed by atoms with Crippen LogP contribution in [0.15, 0.2) is 59.4 Å². The summed E-state index contributed by atoms with van der Waals surface area (Å²) in [4.78, 5) is 19.7. The topological polar surface area (TPSA) is 84.4 Å². The number of ether oxygens (including phenoxy) is 2. The third-order valence-corrected chi connectivity index (χ3v) is 5.10. The van der Waals surface area contributed by atoms with Crippen LogP contribution in [0, 0.1) is 20.8 Å². The van der Waals surface area contributed by atoms with E-state index >= 15 is 0 Å². The highest BCUT2D eigenvalue weighted by atomic mass is 16.5. The fourth-order valence-electron chi connectivity index (χ4n) is 3.40. The Hall–Kier alpha value is -3.80. The number of benzene rings is 3. The third-order valence-electron chi connectivity index (χ3n) is 5.10. The van der Waals surface area contributed by atoms with Crippen molar-refractivity contribution < 1.29 is 14.6 Å². The minimum absolute atomic E-state index is 0.0231. The Bertz CT molecular complexity index is 1310. The van der Waals surface area contributed by atoms with E-state index in [2.05, 4.69) is 9.97 Å². The first-order valence-electron chi connectivity index (χ1n) is 10.1.